The number of halogens is 3. The smallest absolute Gasteiger partial charge is 0.416 e. The van der Waals surface area contributed by atoms with E-state index < -0.39 is 41.3 Å². The maximum absolute atomic E-state index is 13.4. The Balaban J connectivity index is 1.79. The molecule has 0 saturated carbocycles. The third kappa shape index (κ3) is 5.64. The molecule has 2 aromatic rings. The number of aliphatic carboxylic acids is 1. The van der Waals surface area contributed by atoms with E-state index in [4.69, 9.17) is 15.6 Å². The average Bonchev–Trinajstić information content (AvgIpc) is 3.00. The molecule has 1 aliphatic heterocycles. The van der Waals surface area contributed by atoms with Gasteiger partial charge in [0.05, 0.1) is 10.5 Å². The summed E-state index contributed by atoms with van der Waals surface area (Å²) in [7, 11) is 0. The number of thioether (sulfide) groups is 1. The van der Waals surface area contributed by atoms with E-state index in [1.807, 2.05) is 0 Å². The number of carboxylic acid groups (broad SMARTS) is 1. The van der Waals surface area contributed by atoms with Crippen molar-refractivity contribution in [2.24, 2.45) is 5.73 Å². The van der Waals surface area contributed by atoms with E-state index >= 15 is 0 Å². The van der Waals surface area contributed by atoms with Crippen molar-refractivity contribution >= 4 is 35.0 Å². The highest BCUT2D eigenvalue weighted by Gasteiger charge is 2.34. The first-order valence-electron chi connectivity index (χ1n) is 8.74. The molecule has 1 unspecified atom stereocenters. The molecule has 1 atom stereocenters. The summed E-state index contributed by atoms with van der Waals surface area (Å²) in [4.78, 5) is 33.8. The zero-order valence-corrected chi connectivity index (χ0v) is 16.4. The van der Waals surface area contributed by atoms with Crippen LogP contribution in [0.3, 0.4) is 0 Å². The van der Waals surface area contributed by atoms with E-state index in [0.717, 1.165) is 23.9 Å². The minimum Gasteiger partial charge on any atom is -0.480 e. The Kier molecular flexibility index (Phi) is 6.37. The van der Waals surface area contributed by atoms with Gasteiger partial charge in [-0.25, -0.2) is 0 Å². The van der Waals surface area contributed by atoms with E-state index in [-0.39, 0.29) is 22.0 Å². The first kappa shape index (κ1) is 22.4. The lowest BCUT2D eigenvalue weighted by molar-refractivity contribution is -0.140. The van der Waals surface area contributed by atoms with E-state index in [1.54, 1.807) is 12.1 Å². The number of nitrogens with two attached hydrogens (primary N) is 1. The van der Waals surface area contributed by atoms with Gasteiger partial charge in [-0.05, 0) is 59.7 Å². The highest BCUT2D eigenvalue weighted by molar-refractivity contribution is 8.18. The first-order valence-corrected chi connectivity index (χ1v) is 9.56. The highest BCUT2D eigenvalue weighted by Crippen LogP contribution is 2.36. The monoisotopic (exact) mass is 452 g/mol. The second-order valence-corrected chi connectivity index (χ2v) is 7.50. The summed E-state index contributed by atoms with van der Waals surface area (Å²) in [6, 6.07) is 7.87. The molecule has 1 fully saturated rings. The summed E-state index contributed by atoms with van der Waals surface area (Å²) in [6.07, 6.45) is -3.71. The van der Waals surface area contributed by atoms with E-state index in [9.17, 15) is 27.6 Å². The molecule has 1 saturated heterocycles. The summed E-state index contributed by atoms with van der Waals surface area (Å²) in [6.45, 7) is 0. The number of benzene rings is 2. The molecule has 31 heavy (non-hydrogen) atoms. The zero-order valence-electron chi connectivity index (χ0n) is 15.6. The summed E-state index contributed by atoms with van der Waals surface area (Å²) in [5.74, 6) is -1.76. The molecule has 0 aromatic heterocycles. The van der Waals surface area contributed by atoms with Gasteiger partial charge < -0.3 is 15.6 Å². The topological polar surface area (TPSA) is 119 Å². The van der Waals surface area contributed by atoms with Gasteiger partial charge in [-0.2, -0.15) is 13.2 Å². The van der Waals surface area contributed by atoms with Gasteiger partial charge in [-0.1, -0.05) is 18.2 Å². The number of hydrogen-bond donors (Lipinski definition) is 3. The zero-order chi connectivity index (χ0) is 22.8. The molecular formula is C20H15F3N2O5S. The van der Waals surface area contributed by atoms with Crippen LogP contribution in [-0.2, 0) is 22.2 Å². The number of nitrogens with one attached hydrogen (secondary N) is 1. The standard InChI is InChI=1S/C20H15F3N2O5S/c21-20(22,23)14-9-13(6-3-11(14)8-15(24)18(27)28)30-12-4-1-10(2-5-12)7-16-17(26)25-19(29)31-16/h1-7,9,15H,8,24H2,(H,27,28)(H,25,26,29)/b16-7+. The normalized spacial score (nSPS) is 16.3. The molecule has 0 spiro atoms. The molecule has 162 valence electrons. The van der Waals surface area contributed by atoms with Crippen LogP contribution >= 0.6 is 11.8 Å². The van der Waals surface area contributed by atoms with Crippen LogP contribution in [0.25, 0.3) is 6.08 Å². The van der Waals surface area contributed by atoms with Crippen LogP contribution in [0, 0.1) is 0 Å². The lowest BCUT2D eigenvalue weighted by atomic mass is 10.00. The fourth-order valence-corrected chi connectivity index (χ4v) is 3.41. The number of imide groups is 1. The van der Waals surface area contributed by atoms with Crippen molar-refractivity contribution in [3.8, 4) is 11.5 Å². The fourth-order valence-electron chi connectivity index (χ4n) is 2.73. The molecule has 0 aliphatic carbocycles. The van der Waals surface area contributed by atoms with Gasteiger partial charge in [0.15, 0.2) is 0 Å². The van der Waals surface area contributed by atoms with Crippen LogP contribution in [0.15, 0.2) is 47.4 Å². The van der Waals surface area contributed by atoms with E-state index in [2.05, 4.69) is 5.32 Å². The third-order valence-electron chi connectivity index (χ3n) is 4.20. The van der Waals surface area contributed by atoms with Crippen LogP contribution in [-0.4, -0.2) is 28.3 Å². The Morgan fingerprint density at radius 3 is 2.35 bits per heavy atom. The van der Waals surface area contributed by atoms with Gasteiger partial charge in [0, 0.05) is 0 Å². The van der Waals surface area contributed by atoms with Gasteiger partial charge in [0.25, 0.3) is 11.1 Å². The van der Waals surface area contributed by atoms with Gasteiger partial charge in [0.1, 0.15) is 17.5 Å². The lowest BCUT2D eigenvalue weighted by Gasteiger charge is -2.16. The maximum atomic E-state index is 13.4. The van der Waals surface area contributed by atoms with Crippen molar-refractivity contribution in [1.29, 1.82) is 0 Å². The Labute approximate surface area is 178 Å². The molecule has 4 N–H and O–H groups in total. The van der Waals surface area contributed by atoms with Gasteiger partial charge in [-0.3, -0.25) is 19.7 Å². The molecule has 3 rings (SSSR count). The van der Waals surface area contributed by atoms with Crippen LogP contribution < -0.4 is 15.8 Å². The number of ether oxygens (including phenoxy) is 1. The lowest BCUT2D eigenvalue weighted by Crippen LogP contribution is -2.33. The second-order valence-electron chi connectivity index (χ2n) is 6.49. The predicted molar refractivity (Wildman–Crippen MR) is 106 cm³/mol. The Hall–Kier alpha value is -3.31. The number of carboxylic acids is 1. The Morgan fingerprint density at radius 2 is 1.81 bits per heavy atom. The molecule has 1 aliphatic rings. The molecule has 2 amide bonds. The van der Waals surface area contributed by atoms with E-state index in [0.29, 0.717) is 5.56 Å². The minimum atomic E-state index is -4.72. The quantitative estimate of drug-likeness (QED) is 0.571. The first-order chi connectivity index (χ1) is 14.5. The van der Waals surface area contributed by atoms with Crippen LogP contribution in [0.2, 0.25) is 0 Å². The van der Waals surface area contributed by atoms with Gasteiger partial charge in [-0.15, -0.1) is 0 Å². The number of amides is 2. The summed E-state index contributed by atoms with van der Waals surface area (Å²) in [5, 5.41) is 10.5. The number of hydrogen-bond acceptors (Lipinski definition) is 6. The van der Waals surface area contributed by atoms with Crippen molar-refractivity contribution in [1.82, 2.24) is 5.32 Å². The number of carbonyl (C=O) groups excluding carboxylic acids is 2. The van der Waals surface area contributed by atoms with Crippen LogP contribution in [0.5, 0.6) is 11.5 Å². The number of alkyl halides is 3. The Morgan fingerprint density at radius 1 is 1.16 bits per heavy atom. The fraction of sp³-hybridized carbons (Fsp3) is 0.150. The molecule has 0 radical (unpaired) electrons. The number of rotatable bonds is 6. The molecule has 2 aromatic carbocycles. The van der Waals surface area contributed by atoms with Crippen molar-refractivity contribution < 1.29 is 37.4 Å². The van der Waals surface area contributed by atoms with Crippen LogP contribution in [0.4, 0.5) is 18.0 Å². The summed E-state index contributed by atoms with van der Waals surface area (Å²) >= 11 is 0.764. The maximum Gasteiger partial charge on any atom is 0.416 e. The van der Waals surface area contributed by atoms with Crippen molar-refractivity contribution in [2.45, 2.75) is 18.6 Å². The second kappa shape index (κ2) is 8.82. The molecule has 0 bridgehead atoms. The predicted octanol–water partition coefficient (Wildman–Crippen LogP) is 3.78. The van der Waals surface area contributed by atoms with Gasteiger partial charge >= 0.3 is 12.1 Å². The molecule has 1 heterocycles. The van der Waals surface area contributed by atoms with Crippen molar-refractivity contribution in [3.05, 3.63) is 64.1 Å². The van der Waals surface area contributed by atoms with E-state index in [1.165, 1.54) is 24.3 Å². The molecule has 11 heteroatoms. The molecular weight excluding hydrogens is 437 g/mol. The van der Waals surface area contributed by atoms with Gasteiger partial charge in [0.2, 0.25) is 0 Å². The third-order valence-corrected chi connectivity index (χ3v) is 5.01. The Bertz CT molecular complexity index is 1070. The van der Waals surface area contributed by atoms with Crippen molar-refractivity contribution in [2.75, 3.05) is 0 Å². The minimum absolute atomic E-state index is 0.0950. The van der Waals surface area contributed by atoms with Crippen LogP contribution in [0.1, 0.15) is 16.7 Å². The summed E-state index contributed by atoms with van der Waals surface area (Å²) in [5.41, 5.74) is 4.67. The SMILES string of the molecule is NC(Cc1ccc(Oc2ccc(/C=C3/SC(=O)NC3=O)cc2)cc1C(F)(F)F)C(=O)O. The average molecular weight is 452 g/mol. The largest absolute Gasteiger partial charge is 0.480 e. The highest BCUT2D eigenvalue weighted by atomic mass is 32.2. The van der Waals surface area contributed by atoms with Crippen molar-refractivity contribution in [3.63, 3.8) is 0 Å². The summed E-state index contributed by atoms with van der Waals surface area (Å²) < 4.78 is 45.7. The number of carbonyl (C=O) groups is 3. The molecule has 7 nitrogen and oxygen atoms in total.